The first-order chi connectivity index (χ1) is 10.1. The lowest BCUT2D eigenvalue weighted by atomic mass is 10.0. The third kappa shape index (κ3) is 3.13. The summed E-state index contributed by atoms with van der Waals surface area (Å²) in [6.07, 6.45) is 0. The van der Waals surface area contributed by atoms with Crippen molar-refractivity contribution in [1.82, 2.24) is 5.32 Å². The topological polar surface area (TPSA) is 25.2 Å². The summed E-state index contributed by atoms with van der Waals surface area (Å²) in [5, 5.41) is 5.06. The number of hydrogen-bond acceptors (Lipinski definition) is 2. The van der Waals surface area contributed by atoms with Crippen LogP contribution < -0.4 is 5.32 Å². The van der Waals surface area contributed by atoms with Crippen molar-refractivity contribution in [3.05, 3.63) is 66.9 Å². The summed E-state index contributed by atoms with van der Waals surface area (Å²) < 4.78 is 8.23. The van der Waals surface area contributed by atoms with E-state index in [0.717, 1.165) is 21.2 Å². The second kappa shape index (κ2) is 6.28. The van der Waals surface area contributed by atoms with Gasteiger partial charge in [0.2, 0.25) is 0 Å². The van der Waals surface area contributed by atoms with E-state index >= 15 is 0 Å². The van der Waals surface area contributed by atoms with Gasteiger partial charge in [0, 0.05) is 18.5 Å². The van der Waals surface area contributed by atoms with Gasteiger partial charge in [-0.1, -0.05) is 27.5 Å². The highest BCUT2D eigenvalue weighted by atomic mass is 127. The Balaban J connectivity index is 2.11. The first-order valence-corrected chi connectivity index (χ1v) is 8.64. The molecule has 0 spiro atoms. The van der Waals surface area contributed by atoms with Crippen molar-refractivity contribution < 1.29 is 4.42 Å². The van der Waals surface area contributed by atoms with Crippen molar-refractivity contribution in [2.45, 2.75) is 6.04 Å². The number of rotatable bonds is 3. The number of furan rings is 1. The minimum Gasteiger partial charge on any atom is -0.459 e. The molecular formula is C16H12BrClINO. The molecule has 0 saturated heterocycles. The maximum absolute atomic E-state index is 6.04. The molecule has 3 aromatic rings. The van der Waals surface area contributed by atoms with Crippen molar-refractivity contribution in [3.63, 3.8) is 0 Å². The molecule has 0 saturated carbocycles. The lowest BCUT2D eigenvalue weighted by Crippen LogP contribution is -2.18. The Kier molecular flexibility index (Phi) is 4.59. The molecule has 2 nitrogen and oxygen atoms in total. The van der Waals surface area contributed by atoms with Crippen LogP contribution in [-0.4, -0.2) is 7.05 Å². The Morgan fingerprint density at radius 1 is 1.19 bits per heavy atom. The van der Waals surface area contributed by atoms with E-state index in [0.29, 0.717) is 5.02 Å². The Morgan fingerprint density at radius 2 is 2.00 bits per heavy atom. The van der Waals surface area contributed by atoms with Crippen molar-refractivity contribution in [2.75, 3.05) is 7.05 Å². The van der Waals surface area contributed by atoms with E-state index in [4.69, 9.17) is 16.0 Å². The van der Waals surface area contributed by atoms with Crippen LogP contribution in [0.3, 0.4) is 0 Å². The standard InChI is InChI=1S/C16H12BrClINO/c1-20-16(12-8-10(17)2-4-13(12)19)15-7-9-6-11(18)3-5-14(9)21-15/h2-8,16,20H,1H3. The molecule has 0 aliphatic carbocycles. The molecule has 21 heavy (non-hydrogen) atoms. The van der Waals surface area contributed by atoms with E-state index in [-0.39, 0.29) is 6.04 Å². The van der Waals surface area contributed by atoms with Gasteiger partial charge in [-0.25, -0.2) is 0 Å². The molecule has 0 bridgehead atoms. The largest absolute Gasteiger partial charge is 0.459 e. The highest BCUT2D eigenvalue weighted by molar-refractivity contribution is 14.1. The number of halogens is 3. The summed E-state index contributed by atoms with van der Waals surface area (Å²) >= 11 is 11.9. The zero-order valence-electron chi connectivity index (χ0n) is 11.2. The Bertz CT molecular complexity index is 802. The Labute approximate surface area is 150 Å². The molecule has 5 heteroatoms. The predicted molar refractivity (Wildman–Crippen MR) is 99.0 cm³/mol. The summed E-state index contributed by atoms with van der Waals surface area (Å²) in [6, 6.07) is 13.9. The number of benzene rings is 2. The van der Waals surface area contributed by atoms with Crippen LogP contribution in [0.1, 0.15) is 17.4 Å². The van der Waals surface area contributed by atoms with E-state index in [1.54, 1.807) is 0 Å². The van der Waals surface area contributed by atoms with Gasteiger partial charge in [-0.15, -0.1) is 0 Å². The molecule has 0 fully saturated rings. The second-order valence-corrected chi connectivity index (χ2v) is 7.23. The van der Waals surface area contributed by atoms with Crippen LogP contribution in [0, 0.1) is 3.57 Å². The van der Waals surface area contributed by atoms with Crippen LogP contribution in [0.5, 0.6) is 0 Å². The molecule has 108 valence electrons. The van der Waals surface area contributed by atoms with Crippen LogP contribution >= 0.6 is 50.1 Å². The lowest BCUT2D eigenvalue weighted by Gasteiger charge is -2.16. The van der Waals surface area contributed by atoms with Gasteiger partial charge in [0.25, 0.3) is 0 Å². The summed E-state index contributed by atoms with van der Waals surface area (Å²) in [6.45, 7) is 0. The highest BCUT2D eigenvalue weighted by Gasteiger charge is 2.19. The zero-order valence-corrected chi connectivity index (χ0v) is 15.7. The molecular weight excluding hydrogens is 464 g/mol. The van der Waals surface area contributed by atoms with Gasteiger partial charge >= 0.3 is 0 Å². The highest BCUT2D eigenvalue weighted by Crippen LogP contribution is 2.32. The average Bonchev–Trinajstić information content (AvgIpc) is 2.86. The summed E-state index contributed by atoms with van der Waals surface area (Å²) in [5.41, 5.74) is 2.03. The van der Waals surface area contributed by atoms with Crippen LogP contribution in [0.25, 0.3) is 11.0 Å². The first kappa shape index (κ1) is 15.3. The van der Waals surface area contributed by atoms with E-state index < -0.39 is 0 Å². The van der Waals surface area contributed by atoms with Crippen molar-refractivity contribution >= 4 is 61.1 Å². The lowest BCUT2D eigenvalue weighted by molar-refractivity contribution is 0.490. The Morgan fingerprint density at radius 3 is 2.76 bits per heavy atom. The molecule has 0 aliphatic rings. The number of fused-ring (bicyclic) bond motifs is 1. The molecule has 0 aliphatic heterocycles. The monoisotopic (exact) mass is 475 g/mol. The molecule has 2 aromatic carbocycles. The van der Waals surface area contributed by atoms with Gasteiger partial charge in [0.15, 0.2) is 0 Å². The molecule has 1 unspecified atom stereocenters. The molecule has 3 rings (SSSR count). The SMILES string of the molecule is CNC(c1cc2cc(Cl)ccc2o1)c1cc(Br)ccc1I. The van der Waals surface area contributed by atoms with E-state index in [9.17, 15) is 0 Å². The molecule has 1 N–H and O–H groups in total. The van der Waals surface area contributed by atoms with Crippen molar-refractivity contribution in [1.29, 1.82) is 0 Å². The van der Waals surface area contributed by atoms with E-state index in [2.05, 4.69) is 56.0 Å². The maximum atomic E-state index is 6.04. The van der Waals surface area contributed by atoms with Crippen LogP contribution in [0.2, 0.25) is 5.02 Å². The summed E-state index contributed by atoms with van der Waals surface area (Å²) in [5.74, 6) is 0.880. The molecule has 0 radical (unpaired) electrons. The fourth-order valence-corrected chi connectivity index (χ4v) is 3.57. The van der Waals surface area contributed by atoms with Gasteiger partial charge in [0.05, 0.1) is 6.04 Å². The van der Waals surface area contributed by atoms with Gasteiger partial charge in [-0.2, -0.15) is 0 Å². The Hall–Kier alpha value is -0.560. The molecule has 1 aromatic heterocycles. The minimum atomic E-state index is 0.000533. The number of nitrogens with one attached hydrogen (secondary N) is 1. The third-order valence-electron chi connectivity index (χ3n) is 3.34. The fourth-order valence-electron chi connectivity index (χ4n) is 2.36. The van der Waals surface area contributed by atoms with Crippen molar-refractivity contribution in [3.8, 4) is 0 Å². The first-order valence-electron chi connectivity index (χ1n) is 6.39. The van der Waals surface area contributed by atoms with Gasteiger partial charge in [-0.3, -0.25) is 0 Å². The maximum Gasteiger partial charge on any atom is 0.134 e. The van der Waals surface area contributed by atoms with Crippen molar-refractivity contribution in [2.24, 2.45) is 0 Å². The van der Waals surface area contributed by atoms with Crippen LogP contribution in [0.15, 0.2) is 51.4 Å². The molecule has 1 heterocycles. The molecule has 1 atom stereocenters. The fraction of sp³-hybridized carbons (Fsp3) is 0.125. The average molecular weight is 477 g/mol. The smallest absolute Gasteiger partial charge is 0.134 e. The minimum absolute atomic E-state index is 0.000533. The quantitative estimate of drug-likeness (QED) is 0.486. The van der Waals surface area contributed by atoms with Crippen LogP contribution in [-0.2, 0) is 0 Å². The predicted octanol–water partition coefficient (Wildman–Crippen LogP) is 5.76. The summed E-state index contributed by atoms with van der Waals surface area (Å²) in [7, 11) is 1.93. The van der Waals surface area contributed by atoms with Crippen LogP contribution in [0.4, 0.5) is 0 Å². The van der Waals surface area contributed by atoms with Gasteiger partial charge in [0.1, 0.15) is 11.3 Å². The molecule has 0 amide bonds. The van der Waals surface area contributed by atoms with E-state index in [1.807, 2.05) is 37.4 Å². The van der Waals surface area contributed by atoms with Gasteiger partial charge in [-0.05, 0) is 77.7 Å². The number of hydrogen-bond donors (Lipinski definition) is 1. The summed E-state index contributed by atoms with van der Waals surface area (Å²) in [4.78, 5) is 0. The second-order valence-electron chi connectivity index (χ2n) is 4.72. The van der Waals surface area contributed by atoms with Gasteiger partial charge < -0.3 is 9.73 Å². The third-order valence-corrected chi connectivity index (χ3v) is 5.05. The zero-order chi connectivity index (χ0) is 15.0. The van der Waals surface area contributed by atoms with E-state index in [1.165, 1.54) is 9.13 Å². The normalized spacial score (nSPS) is 12.8.